The van der Waals surface area contributed by atoms with Crippen LogP contribution in [0.25, 0.3) is 0 Å². The average molecular weight is 502 g/mol. The lowest BCUT2D eigenvalue weighted by atomic mass is 9.66. The molecule has 2 heteroatoms. The molecule has 8 aliphatic rings. The molecule has 3 heterocycles. The number of hydrogen-bond acceptors (Lipinski definition) is 2. The van der Waals surface area contributed by atoms with Crippen LogP contribution in [-0.4, -0.2) is 18.0 Å². The van der Waals surface area contributed by atoms with Gasteiger partial charge in [-0.05, 0) is 107 Å². The maximum absolute atomic E-state index is 5.20. The van der Waals surface area contributed by atoms with Crippen LogP contribution in [0.15, 0.2) is 65.7 Å². The van der Waals surface area contributed by atoms with Crippen LogP contribution in [0, 0.1) is 0 Å². The zero-order valence-electron chi connectivity index (χ0n) is 21.5. The van der Waals surface area contributed by atoms with E-state index in [2.05, 4.69) is 72.4 Å². The van der Waals surface area contributed by atoms with Gasteiger partial charge in [-0.1, -0.05) is 60.7 Å². The van der Waals surface area contributed by atoms with Crippen LogP contribution in [0.3, 0.4) is 0 Å². The highest BCUT2D eigenvalue weighted by Gasteiger charge is 2.42. The Bertz CT molecular complexity index is 1440. The fourth-order valence-electron chi connectivity index (χ4n) is 9.21. The van der Waals surface area contributed by atoms with Crippen molar-refractivity contribution in [2.24, 2.45) is 4.99 Å². The zero-order valence-corrected chi connectivity index (χ0v) is 22.4. The predicted octanol–water partition coefficient (Wildman–Crippen LogP) is 8.77. The van der Waals surface area contributed by atoms with E-state index < -0.39 is 0 Å². The minimum atomic E-state index is 0.469. The molecule has 1 saturated heterocycles. The van der Waals surface area contributed by atoms with E-state index in [1.807, 2.05) is 0 Å². The van der Waals surface area contributed by atoms with Crippen molar-refractivity contribution in [1.82, 2.24) is 0 Å². The average Bonchev–Trinajstić information content (AvgIpc) is 3.40. The van der Waals surface area contributed by atoms with Crippen LogP contribution >= 0.6 is 11.8 Å². The molecule has 5 unspecified atom stereocenters. The molecule has 1 saturated carbocycles. The third kappa shape index (κ3) is 3.21. The molecule has 5 aliphatic carbocycles. The van der Waals surface area contributed by atoms with E-state index in [9.17, 15) is 0 Å². The first-order chi connectivity index (χ1) is 18.3. The molecule has 0 radical (unpaired) electrons. The van der Waals surface area contributed by atoms with E-state index in [1.165, 1.54) is 50.0 Å². The van der Waals surface area contributed by atoms with Crippen LogP contribution in [0.4, 0.5) is 0 Å². The van der Waals surface area contributed by atoms with Gasteiger partial charge in [-0.2, -0.15) is 11.8 Å². The second-order valence-electron chi connectivity index (χ2n) is 12.8. The van der Waals surface area contributed by atoms with Crippen molar-refractivity contribution in [3.05, 3.63) is 105 Å². The van der Waals surface area contributed by atoms with E-state index in [0.717, 1.165) is 24.8 Å². The first kappa shape index (κ1) is 21.6. The summed E-state index contributed by atoms with van der Waals surface area (Å²) in [5.74, 6) is 5.32. The summed E-state index contributed by atoms with van der Waals surface area (Å²) in [6.45, 7) is 0.993. The molecule has 3 aliphatic heterocycles. The minimum Gasteiger partial charge on any atom is -0.293 e. The molecule has 5 atom stereocenters. The Kier molecular flexibility index (Phi) is 4.72. The fraction of sp³-hybridized carbons (Fsp3) is 0.457. The Hall–Kier alpha value is -2.32. The van der Waals surface area contributed by atoms with Gasteiger partial charge in [0, 0.05) is 41.0 Å². The van der Waals surface area contributed by atoms with Crippen LogP contribution in [0.1, 0.15) is 124 Å². The topological polar surface area (TPSA) is 12.4 Å². The molecule has 11 rings (SSSR count). The highest BCUT2D eigenvalue weighted by atomic mass is 32.2. The monoisotopic (exact) mass is 501 g/mol. The second kappa shape index (κ2) is 8.09. The van der Waals surface area contributed by atoms with Gasteiger partial charge in [-0.3, -0.25) is 4.99 Å². The lowest BCUT2D eigenvalue weighted by Crippen LogP contribution is -2.28. The summed E-state index contributed by atoms with van der Waals surface area (Å²) in [6, 6.07) is 24.6. The Labute approximate surface area is 225 Å². The molecule has 6 bridgehead atoms. The highest BCUT2D eigenvalue weighted by molar-refractivity contribution is 7.99. The maximum atomic E-state index is 5.20. The first-order valence-electron chi connectivity index (χ1n) is 14.8. The Morgan fingerprint density at radius 1 is 0.649 bits per heavy atom. The van der Waals surface area contributed by atoms with Crippen molar-refractivity contribution in [3.63, 3.8) is 0 Å². The number of nitrogens with zero attached hydrogens (tertiary/aromatic N) is 1. The van der Waals surface area contributed by atoms with Gasteiger partial charge in [0.1, 0.15) is 0 Å². The Morgan fingerprint density at radius 2 is 1.43 bits per heavy atom. The molecule has 3 aromatic carbocycles. The van der Waals surface area contributed by atoms with E-state index in [4.69, 9.17) is 4.99 Å². The van der Waals surface area contributed by atoms with E-state index >= 15 is 0 Å². The summed E-state index contributed by atoms with van der Waals surface area (Å²) < 4.78 is 0. The predicted molar refractivity (Wildman–Crippen MR) is 155 cm³/mol. The van der Waals surface area contributed by atoms with Crippen molar-refractivity contribution in [3.8, 4) is 0 Å². The van der Waals surface area contributed by atoms with Crippen molar-refractivity contribution in [1.29, 1.82) is 0 Å². The lowest BCUT2D eigenvalue weighted by Gasteiger charge is -2.44. The van der Waals surface area contributed by atoms with Crippen LogP contribution < -0.4 is 0 Å². The number of aliphatic imine (C=N–C) groups is 1. The van der Waals surface area contributed by atoms with Crippen LogP contribution in [0.5, 0.6) is 0 Å². The highest BCUT2D eigenvalue weighted by Crippen LogP contribution is 2.58. The van der Waals surface area contributed by atoms with E-state index in [0.29, 0.717) is 28.9 Å². The van der Waals surface area contributed by atoms with Crippen molar-refractivity contribution in [2.75, 3.05) is 12.3 Å². The first-order valence-corrected chi connectivity index (χ1v) is 15.8. The van der Waals surface area contributed by atoms with Gasteiger partial charge < -0.3 is 0 Å². The van der Waals surface area contributed by atoms with Gasteiger partial charge in [0.15, 0.2) is 0 Å². The summed E-state index contributed by atoms with van der Waals surface area (Å²) in [6.07, 6.45) is 9.25. The van der Waals surface area contributed by atoms with Gasteiger partial charge >= 0.3 is 0 Å². The third-order valence-electron chi connectivity index (χ3n) is 11.1. The molecule has 2 fully saturated rings. The van der Waals surface area contributed by atoms with E-state index in [1.54, 1.807) is 44.5 Å². The fourth-order valence-corrected chi connectivity index (χ4v) is 10.8. The van der Waals surface area contributed by atoms with Gasteiger partial charge in [0.25, 0.3) is 0 Å². The standard InChI is InChI=1S/C35H35NS/c1-2-4-28-27(3-1)33-19-37-35(28)17-31(33)23-10-9-22-15-32(34-16-25(18-36-34)29(22)13-23)24-11-12-26-20-5-7-21(8-6-20)30(26)14-24/h1-4,9-14,20-21,25,31-33,35H,5-8,15-19H2. The summed E-state index contributed by atoms with van der Waals surface area (Å²) in [5.41, 5.74) is 14.5. The molecular weight excluding hydrogens is 466 g/mol. The molecule has 3 aromatic rings. The van der Waals surface area contributed by atoms with E-state index in [-0.39, 0.29) is 0 Å². The van der Waals surface area contributed by atoms with Crippen LogP contribution in [-0.2, 0) is 6.42 Å². The second-order valence-corrected chi connectivity index (χ2v) is 14.0. The molecule has 186 valence electrons. The normalized spacial score (nSPS) is 34.4. The third-order valence-corrected chi connectivity index (χ3v) is 12.5. The zero-order chi connectivity index (χ0) is 24.1. The summed E-state index contributed by atoms with van der Waals surface area (Å²) in [4.78, 5) is 5.20. The van der Waals surface area contributed by atoms with Gasteiger partial charge in [-0.25, -0.2) is 0 Å². The summed E-state index contributed by atoms with van der Waals surface area (Å²) >= 11 is 2.19. The minimum absolute atomic E-state index is 0.469. The SMILES string of the molecule is c1ccc2c(c1)C1CC(c3ccc4c(c3)C3CN=C(C3)C(c3ccc5c(c3)C3CCC5CC3)C4)C2CS1. The molecule has 37 heavy (non-hydrogen) atoms. The maximum Gasteiger partial charge on any atom is 0.0461 e. The molecule has 0 N–H and O–H groups in total. The van der Waals surface area contributed by atoms with Crippen LogP contribution in [0.2, 0.25) is 0 Å². The smallest absolute Gasteiger partial charge is 0.0461 e. The summed E-state index contributed by atoms with van der Waals surface area (Å²) in [5, 5.41) is 0.676. The number of benzene rings is 3. The Balaban J connectivity index is 1.07. The number of rotatable bonds is 2. The number of thioether (sulfide) groups is 1. The van der Waals surface area contributed by atoms with Gasteiger partial charge in [0.05, 0.1) is 0 Å². The van der Waals surface area contributed by atoms with Gasteiger partial charge in [0.2, 0.25) is 0 Å². The Morgan fingerprint density at radius 3 is 2.32 bits per heavy atom. The molecule has 0 amide bonds. The number of hydrogen-bond donors (Lipinski definition) is 0. The number of fused-ring (bicyclic) bond motifs is 8. The molecular formula is C35H35NS. The molecule has 0 aromatic heterocycles. The molecule has 1 nitrogen and oxygen atoms in total. The summed E-state index contributed by atoms with van der Waals surface area (Å²) in [7, 11) is 0. The quantitative estimate of drug-likeness (QED) is 0.342. The van der Waals surface area contributed by atoms with Crippen molar-refractivity contribution >= 4 is 17.5 Å². The molecule has 0 spiro atoms. The largest absolute Gasteiger partial charge is 0.293 e. The lowest BCUT2D eigenvalue weighted by molar-refractivity contribution is 0.358. The van der Waals surface area contributed by atoms with Crippen molar-refractivity contribution in [2.45, 2.75) is 85.7 Å². The van der Waals surface area contributed by atoms with Crippen molar-refractivity contribution < 1.29 is 0 Å². The van der Waals surface area contributed by atoms with Gasteiger partial charge in [-0.15, -0.1) is 0 Å².